The Kier molecular flexibility index (Phi) is 6.45. The van der Waals surface area contributed by atoms with Crippen molar-refractivity contribution in [2.45, 2.75) is 60.8 Å². The van der Waals surface area contributed by atoms with Gasteiger partial charge >= 0.3 is 0 Å². The van der Waals surface area contributed by atoms with Crippen molar-refractivity contribution in [1.82, 2.24) is 0 Å². The minimum atomic E-state index is 0.863. The molecule has 0 aromatic carbocycles. The Morgan fingerprint density at radius 2 is 0.769 bits per heavy atom. The summed E-state index contributed by atoms with van der Waals surface area (Å²) in [6.07, 6.45) is 4.24. The lowest BCUT2D eigenvalue weighted by molar-refractivity contribution is 0.294. The molecule has 0 bridgehead atoms. The maximum absolute atomic E-state index is 2.34. The lowest BCUT2D eigenvalue weighted by Crippen LogP contribution is -2.10. The molecule has 0 unspecified atom stereocenters. The van der Waals surface area contributed by atoms with E-state index in [0.717, 1.165) is 23.7 Å². The fourth-order valence-corrected chi connectivity index (χ4v) is 2.29. The predicted octanol–water partition coefficient (Wildman–Crippen LogP) is 4.74. The van der Waals surface area contributed by atoms with E-state index in [1.807, 2.05) is 0 Å². The van der Waals surface area contributed by atoms with Crippen LogP contribution < -0.4 is 0 Å². The van der Waals surface area contributed by atoms with E-state index in [-0.39, 0.29) is 0 Å². The largest absolute Gasteiger partial charge is 0.0628 e. The zero-order valence-corrected chi connectivity index (χ0v) is 10.4. The Morgan fingerprint density at radius 3 is 0.923 bits per heavy atom. The molecule has 0 amide bonds. The summed E-state index contributed by atoms with van der Waals surface area (Å²) in [6, 6.07) is 0. The summed E-state index contributed by atoms with van der Waals surface area (Å²) in [5.74, 6) is 3.55. The lowest BCUT2D eigenvalue weighted by atomic mass is 9.84. The molecular weight excluding hydrogens is 156 g/mol. The zero-order valence-electron chi connectivity index (χ0n) is 10.4. The van der Waals surface area contributed by atoms with Gasteiger partial charge in [0.15, 0.2) is 0 Å². The maximum Gasteiger partial charge on any atom is -0.0407 e. The fraction of sp³-hybridized carbons (Fsp3) is 1.00. The van der Waals surface area contributed by atoms with E-state index in [1.165, 1.54) is 19.3 Å². The molecular formula is C13H28. The summed E-state index contributed by atoms with van der Waals surface area (Å²) >= 11 is 0. The Morgan fingerprint density at radius 1 is 0.538 bits per heavy atom. The van der Waals surface area contributed by atoms with Crippen LogP contribution >= 0.6 is 0 Å². The Labute approximate surface area is 85.1 Å². The molecule has 0 aromatic heterocycles. The fourth-order valence-electron chi connectivity index (χ4n) is 2.29. The molecule has 0 saturated heterocycles. The minimum Gasteiger partial charge on any atom is -0.0628 e. The summed E-state index contributed by atoms with van der Waals surface area (Å²) < 4.78 is 0. The topological polar surface area (TPSA) is 0 Å². The molecule has 0 spiro atoms. The van der Waals surface area contributed by atoms with E-state index in [0.29, 0.717) is 0 Å². The van der Waals surface area contributed by atoms with Gasteiger partial charge in [-0.2, -0.15) is 0 Å². The van der Waals surface area contributed by atoms with Gasteiger partial charge in [0.2, 0.25) is 0 Å². The molecule has 0 rings (SSSR count). The average molecular weight is 184 g/mol. The van der Waals surface area contributed by atoms with Crippen molar-refractivity contribution in [2.24, 2.45) is 23.7 Å². The summed E-state index contributed by atoms with van der Waals surface area (Å²) in [5.41, 5.74) is 0. The first-order valence-corrected chi connectivity index (χ1v) is 5.91. The smallest absolute Gasteiger partial charge is 0.0407 e. The van der Waals surface area contributed by atoms with Crippen LogP contribution in [0.1, 0.15) is 60.8 Å². The van der Waals surface area contributed by atoms with E-state index < -0.39 is 0 Å². The maximum atomic E-state index is 2.34. The highest BCUT2D eigenvalue weighted by molar-refractivity contribution is 4.65. The predicted molar refractivity (Wildman–Crippen MR) is 61.9 cm³/mol. The van der Waals surface area contributed by atoms with Crippen molar-refractivity contribution in [3.8, 4) is 0 Å². The van der Waals surface area contributed by atoms with E-state index in [4.69, 9.17) is 0 Å². The van der Waals surface area contributed by atoms with Gasteiger partial charge in [-0.05, 0) is 42.9 Å². The molecule has 0 fully saturated rings. The first-order chi connectivity index (χ1) is 5.91. The van der Waals surface area contributed by atoms with E-state index in [9.17, 15) is 0 Å². The van der Waals surface area contributed by atoms with Crippen molar-refractivity contribution in [3.05, 3.63) is 0 Å². The Balaban J connectivity index is 3.87. The molecule has 0 aliphatic heterocycles. The summed E-state index contributed by atoms with van der Waals surface area (Å²) in [5, 5.41) is 0. The van der Waals surface area contributed by atoms with Crippen LogP contribution in [0.4, 0.5) is 0 Å². The highest BCUT2D eigenvalue weighted by Gasteiger charge is 2.14. The van der Waals surface area contributed by atoms with Crippen LogP contribution in [-0.4, -0.2) is 0 Å². The first kappa shape index (κ1) is 13.0. The molecule has 0 heterocycles. The molecule has 0 saturated carbocycles. The van der Waals surface area contributed by atoms with Crippen molar-refractivity contribution in [3.63, 3.8) is 0 Å². The summed E-state index contributed by atoms with van der Waals surface area (Å²) in [4.78, 5) is 0. The third kappa shape index (κ3) is 8.33. The van der Waals surface area contributed by atoms with Crippen LogP contribution in [0.25, 0.3) is 0 Å². The molecule has 0 radical (unpaired) electrons. The number of hydrogen-bond acceptors (Lipinski definition) is 0. The molecule has 0 nitrogen and oxygen atoms in total. The quantitative estimate of drug-likeness (QED) is 0.559. The second-order valence-electron chi connectivity index (χ2n) is 5.75. The summed E-state index contributed by atoms with van der Waals surface area (Å²) in [6.45, 7) is 14.0. The average Bonchev–Trinajstić information content (AvgIpc) is 1.80. The van der Waals surface area contributed by atoms with Gasteiger partial charge in [0.05, 0.1) is 0 Å². The van der Waals surface area contributed by atoms with Crippen LogP contribution in [0.2, 0.25) is 0 Å². The number of hydrogen-bond donors (Lipinski definition) is 0. The van der Waals surface area contributed by atoms with Crippen LogP contribution in [-0.2, 0) is 0 Å². The van der Waals surface area contributed by atoms with Crippen LogP contribution in [0.5, 0.6) is 0 Å². The standard InChI is InChI=1S/C13H28/c1-10(2)7-13(8-11(3)4)9-12(5)6/h10-13H,7-9H2,1-6H3. The normalized spacial score (nSPS) is 12.5. The minimum absolute atomic E-state index is 0.863. The van der Waals surface area contributed by atoms with Gasteiger partial charge < -0.3 is 0 Å². The van der Waals surface area contributed by atoms with Crippen LogP contribution in [0, 0.1) is 23.7 Å². The second-order valence-corrected chi connectivity index (χ2v) is 5.75. The molecule has 0 atom stereocenters. The van der Waals surface area contributed by atoms with Gasteiger partial charge in [0.25, 0.3) is 0 Å². The van der Waals surface area contributed by atoms with Crippen LogP contribution in [0.3, 0.4) is 0 Å². The van der Waals surface area contributed by atoms with Crippen molar-refractivity contribution in [2.75, 3.05) is 0 Å². The molecule has 0 aromatic rings. The van der Waals surface area contributed by atoms with Crippen LogP contribution in [0.15, 0.2) is 0 Å². The summed E-state index contributed by atoms with van der Waals surface area (Å²) in [7, 11) is 0. The Bertz CT molecular complexity index is 87.4. The van der Waals surface area contributed by atoms with Gasteiger partial charge in [-0.25, -0.2) is 0 Å². The van der Waals surface area contributed by atoms with Crippen molar-refractivity contribution in [1.29, 1.82) is 0 Å². The molecule has 0 aliphatic carbocycles. The van der Waals surface area contributed by atoms with E-state index >= 15 is 0 Å². The first-order valence-electron chi connectivity index (χ1n) is 5.91. The van der Waals surface area contributed by atoms with Gasteiger partial charge in [0, 0.05) is 0 Å². The van der Waals surface area contributed by atoms with Crippen molar-refractivity contribution < 1.29 is 0 Å². The molecule has 80 valence electrons. The van der Waals surface area contributed by atoms with Gasteiger partial charge in [-0.15, -0.1) is 0 Å². The van der Waals surface area contributed by atoms with Gasteiger partial charge in [0.1, 0.15) is 0 Å². The Hall–Kier alpha value is 0. The molecule has 13 heavy (non-hydrogen) atoms. The third-order valence-corrected chi connectivity index (χ3v) is 2.41. The van der Waals surface area contributed by atoms with Crippen molar-refractivity contribution >= 4 is 0 Å². The monoisotopic (exact) mass is 184 g/mol. The molecule has 0 heteroatoms. The van der Waals surface area contributed by atoms with Gasteiger partial charge in [-0.3, -0.25) is 0 Å². The zero-order chi connectivity index (χ0) is 10.4. The lowest BCUT2D eigenvalue weighted by Gasteiger charge is -2.22. The molecule has 0 N–H and O–H groups in total. The highest BCUT2D eigenvalue weighted by Crippen LogP contribution is 2.26. The second kappa shape index (κ2) is 6.45. The highest BCUT2D eigenvalue weighted by atomic mass is 14.2. The third-order valence-electron chi connectivity index (χ3n) is 2.41. The number of rotatable bonds is 6. The van der Waals surface area contributed by atoms with E-state index in [1.54, 1.807) is 0 Å². The van der Waals surface area contributed by atoms with Gasteiger partial charge in [-0.1, -0.05) is 41.5 Å². The molecule has 0 aliphatic rings. The SMILES string of the molecule is CC(C)CC(CC(C)C)CC(C)C. The van der Waals surface area contributed by atoms with E-state index in [2.05, 4.69) is 41.5 Å².